The fraction of sp³-hybridized carbons (Fsp3) is 0.100. The number of hydrogen-bond acceptors (Lipinski definition) is 8. The van der Waals surface area contributed by atoms with E-state index >= 15 is 0 Å². The summed E-state index contributed by atoms with van der Waals surface area (Å²) < 4.78 is 1.85. The lowest BCUT2D eigenvalue weighted by Gasteiger charge is -2.10. The van der Waals surface area contributed by atoms with Gasteiger partial charge in [0.25, 0.3) is 0 Å². The number of pyridine rings is 1. The number of hydrogen-bond donors (Lipinski definition) is 3. The van der Waals surface area contributed by atoms with Crippen molar-refractivity contribution in [3.8, 4) is 17.1 Å². The Hall–Kier alpha value is -4.34. The number of anilines is 3. The highest BCUT2D eigenvalue weighted by atomic mass is 15.3. The molecule has 5 rings (SSSR count). The van der Waals surface area contributed by atoms with E-state index in [1.807, 2.05) is 54.1 Å². The molecule has 0 saturated carbocycles. The Bertz CT molecular complexity index is 1310. The third kappa shape index (κ3) is 3.20. The van der Waals surface area contributed by atoms with Gasteiger partial charge in [-0.15, -0.1) is 0 Å². The average Bonchev–Trinajstić information content (AvgIpc) is 3.41. The smallest absolute Gasteiger partial charge is 0.242 e. The topological polar surface area (TPSA) is 122 Å². The van der Waals surface area contributed by atoms with Gasteiger partial charge in [0.1, 0.15) is 5.82 Å². The summed E-state index contributed by atoms with van der Waals surface area (Å²) in [5, 5.41) is 13.2. The predicted octanol–water partition coefficient (Wildman–Crippen LogP) is 3.09. The Labute approximate surface area is 171 Å². The molecule has 0 amide bonds. The molecule has 0 aliphatic heterocycles. The monoisotopic (exact) mass is 398 g/mol. The minimum atomic E-state index is 0.460. The Morgan fingerprint density at radius 1 is 1.00 bits per heavy atom. The first kappa shape index (κ1) is 17.7. The third-order valence-corrected chi connectivity index (χ3v) is 4.55. The van der Waals surface area contributed by atoms with Gasteiger partial charge in [0, 0.05) is 37.3 Å². The molecule has 0 saturated heterocycles. The number of aryl methyl sites for hydroxylation is 1. The molecule has 5 aromatic rings. The number of aromatic amines is 1. The van der Waals surface area contributed by atoms with E-state index in [0.29, 0.717) is 29.5 Å². The summed E-state index contributed by atoms with van der Waals surface area (Å²) in [4.78, 5) is 22.3. The van der Waals surface area contributed by atoms with E-state index in [1.165, 1.54) is 0 Å². The minimum Gasteiger partial charge on any atom is -0.357 e. The number of H-pyrrole nitrogens is 1. The second-order valence-corrected chi connectivity index (χ2v) is 6.56. The van der Waals surface area contributed by atoms with Crippen molar-refractivity contribution in [3.63, 3.8) is 0 Å². The van der Waals surface area contributed by atoms with Crippen LogP contribution in [0.15, 0.2) is 55.0 Å². The summed E-state index contributed by atoms with van der Waals surface area (Å²) in [6.45, 7) is 1.83. The molecule has 30 heavy (non-hydrogen) atoms. The zero-order valence-electron chi connectivity index (χ0n) is 16.3. The third-order valence-electron chi connectivity index (χ3n) is 4.55. The number of fused-ring (bicyclic) bond motifs is 1. The summed E-state index contributed by atoms with van der Waals surface area (Å²) in [6, 6.07) is 11.8. The first-order valence-corrected chi connectivity index (χ1v) is 9.32. The Morgan fingerprint density at radius 3 is 2.70 bits per heavy atom. The lowest BCUT2D eigenvalue weighted by molar-refractivity contribution is 0.887. The van der Waals surface area contributed by atoms with Crippen LogP contribution in [0.1, 0.15) is 5.82 Å². The van der Waals surface area contributed by atoms with E-state index in [4.69, 9.17) is 4.98 Å². The van der Waals surface area contributed by atoms with Crippen LogP contribution in [0.5, 0.6) is 0 Å². The van der Waals surface area contributed by atoms with Crippen LogP contribution >= 0.6 is 0 Å². The number of rotatable bonds is 5. The van der Waals surface area contributed by atoms with Gasteiger partial charge in [0.15, 0.2) is 5.82 Å². The molecule has 0 spiro atoms. The summed E-state index contributed by atoms with van der Waals surface area (Å²) >= 11 is 0. The minimum absolute atomic E-state index is 0.460. The van der Waals surface area contributed by atoms with Crippen molar-refractivity contribution in [2.24, 2.45) is 0 Å². The maximum Gasteiger partial charge on any atom is 0.242 e. The van der Waals surface area contributed by atoms with Gasteiger partial charge in [0.05, 0.1) is 11.0 Å². The molecule has 0 aliphatic rings. The molecule has 0 aliphatic carbocycles. The first-order valence-electron chi connectivity index (χ1n) is 9.32. The number of nitrogens with one attached hydrogen (secondary N) is 3. The summed E-state index contributed by atoms with van der Waals surface area (Å²) in [5.41, 5.74) is 3.69. The van der Waals surface area contributed by atoms with Crippen molar-refractivity contribution in [1.29, 1.82) is 0 Å². The Balaban J connectivity index is 1.71. The quantitative estimate of drug-likeness (QED) is 0.413. The van der Waals surface area contributed by atoms with E-state index in [2.05, 4.69) is 40.8 Å². The van der Waals surface area contributed by atoms with Gasteiger partial charge in [-0.3, -0.25) is 10.1 Å². The Morgan fingerprint density at radius 2 is 1.93 bits per heavy atom. The first-order chi connectivity index (χ1) is 14.7. The molecule has 4 heterocycles. The molecule has 3 N–H and O–H groups in total. The van der Waals surface area contributed by atoms with Crippen LogP contribution in [0.2, 0.25) is 0 Å². The van der Waals surface area contributed by atoms with Crippen LogP contribution in [0, 0.1) is 6.92 Å². The molecular weight excluding hydrogens is 380 g/mol. The molecule has 0 unspecified atom stereocenters. The second-order valence-electron chi connectivity index (χ2n) is 6.56. The fourth-order valence-corrected chi connectivity index (χ4v) is 3.20. The van der Waals surface area contributed by atoms with Gasteiger partial charge in [-0.1, -0.05) is 12.1 Å². The van der Waals surface area contributed by atoms with Gasteiger partial charge in [-0.05, 0) is 30.7 Å². The number of imidazole rings is 1. The van der Waals surface area contributed by atoms with Crippen molar-refractivity contribution < 1.29 is 0 Å². The van der Waals surface area contributed by atoms with Crippen LogP contribution in [-0.4, -0.2) is 46.7 Å². The second kappa shape index (κ2) is 7.24. The van der Waals surface area contributed by atoms with Gasteiger partial charge < -0.3 is 10.6 Å². The highest BCUT2D eigenvalue weighted by Gasteiger charge is 2.17. The van der Waals surface area contributed by atoms with Crippen molar-refractivity contribution in [1.82, 2.24) is 39.7 Å². The molecule has 10 heteroatoms. The molecule has 0 radical (unpaired) electrons. The molecule has 0 bridgehead atoms. The van der Waals surface area contributed by atoms with Gasteiger partial charge >= 0.3 is 0 Å². The van der Waals surface area contributed by atoms with Crippen LogP contribution < -0.4 is 10.6 Å². The lowest BCUT2D eigenvalue weighted by atomic mass is 10.1. The molecular formula is C20H18N10. The highest BCUT2D eigenvalue weighted by Crippen LogP contribution is 2.29. The standard InChI is InChI=1S/C20H18N10/c1-12-24-18(21-2)28-19(25-12)30-16-6-5-13(14-4-3-8-22-11-14)10-15(16)26-20(30)27-17-7-9-23-29-17/h3-11H,1-2H3,(H,21,24,25,28)(H2,23,26,27,29). The molecule has 148 valence electrons. The van der Waals surface area contributed by atoms with E-state index < -0.39 is 0 Å². The predicted molar refractivity (Wildman–Crippen MR) is 114 cm³/mol. The van der Waals surface area contributed by atoms with Gasteiger partial charge in [0.2, 0.25) is 17.8 Å². The van der Waals surface area contributed by atoms with E-state index in [-0.39, 0.29) is 0 Å². The van der Waals surface area contributed by atoms with Crippen LogP contribution in [-0.2, 0) is 0 Å². The summed E-state index contributed by atoms with van der Waals surface area (Å²) in [7, 11) is 1.77. The average molecular weight is 398 g/mol. The van der Waals surface area contributed by atoms with Gasteiger partial charge in [-0.25, -0.2) is 9.55 Å². The van der Waals surface area contributed by atoms with E-state index in [0.717, 1.165) is 22.2 Å². The number of nitrogens with zero attached hydrogens (tertiary/aromatic N) is 7. The van der Waals surface area contributed by atoms with Crippen molar-refractivity contribution in [2.45, 2.75) is 6.92 Å². The number of benzene rings is 1. The summed E-state index contributed by atoms with van der Waals surface area (Å²) in [5.74, 6) is 2.73. The zero-order chi connectivity index (χ0) is 20.5. The van der Waals surface area contributed by atoms with E-state index in [1.54, 1.807) is 19.4 Å². The largest absolute Gasteiger partial charge is 0.357 e. The lowest BCUT2D eigenvalue weighted by Crippen LogP contribution is -2.10. The highest BCUT2D eigenvalue weighted by molar-refractivity contribution is 5.86. The van der Waals surface area contributed by atoms with Gasteiger partial charge in [-0.2, -0.15) is 20.1 Å². The maximum absolute atomic E-state index is 4.79. The van der Waals surface area contributed by atoms with Crippen LogP contribution in [0.25, 0.3) is 28.1 Å². The molecule has 0 fully saturated rings. The fourth-order valence-electron chi connectivity index (χ4n) is 3.20. The molecule has 1 aromatic carbocycles. The van der Waals surface area contributed by atoms with E-state index in [9.17, 15) is 0 Å². The SMILES string of the molecule is CNc1nc(C)nc(-n2c(Nc3cc[nH]n3)nc3cc(-c4cccnc4)ccc32)n1. The van der Waals surface area contributed by atoms with Crippen LogP contribution in [0.4, 0.5) is 17.7 Å². The Kier molecular flexibility index (Phi) is 4.28. The van der Waals surface area contributed by atoms with Crippen molar-refractivity contribution in [3.05, 3.63) is 60.8 Å². The zero-order valence-corrected chi connectivity index (χ0v) is 16.3. The van der Waals surface area contributed by atoms with Crippen molar-refractivity contribution in [2.75, 3.05) is 17.7 Å². The van der Waals surface area contributed by atoms with Crippen molar-refractivity contribution >= 4 is 28.7 Å². The summed E-state index contributed by atoms with van der Waals surface area (Å²) in [6.07, 6.45) is 5.32. The molecule has 4 aromatic heterocycles. The normalized spacial score (nSPS) is 11.0. The molecule has 0 atom stereocenters. The maximum atomic E-state index is 4.79. The van der Waals surface area contributed by atoms with Crippen LogP contribution in [0.3, 0.4) is 0 Å². The number of aromatic nitrogens is 8. The molecule has 10 nitrogen and oxygen atoms in total.